The molecule has 38 heavy (non-hydrogen) atoms. The van der Waals surface area contributed by atoms with Crippen molar-refractivity contribution in [3.63, 3.8) is 0 Å². The molecular formula is C23H29BrN4O10. The van der Waals surface area contributed by atoms with E-state index in [-0.39, 0.29) is 37.1 Å². The van der Waals surface area contributed by atoms with Crippen molar-refractivity contribution < 1.29 is 38.4 Å². The zero-order valence-corrected chi connectivity index (χ0v) is 23.1. The van der Waals surface area contributed by atoms with E-state index < -0.39 is 27.4 Å². The Kier molecular flexibility index (Phi) is 15.6. The molecule has 2 heterocycles. The number of ether oxygens (including phenoxy) is 3. The highest BCUT2D eigenvalue weighted by Crippen LogP contribution is 2.12. The van der Waals surface area contributed by atoms with E-state index in [4.69, 9.17) is 9.47 Å². The zero-order valence-electron chi connectivity index (χ0n) is 21.5. The number of carbonyl (C=O) groups excluding carboxylic acids is 3. The molecule has 0 spiro atoms. The second-order valence-corrected chi connectivity index (χ2v) is 8.84. The van der Waals surface area contributed by atoms with Crippen LogP contribution in [0.3, 0.4) is 0 Å². The fourth-order valence-electron chi connectivity index (χ4n) is 2.19. The van der Waals surface area contributed by atoms with Gasteiger partial charge in [0.2, 0.25) is 0 Å². The van der Waals surface area contributed by atoms with E-state index in [0.29, 0.717) is 12.2 Å². The van der Waals surface area contributed by atoms with Crippen LogP contribution in [0.25, 0.3) is 0 Å². The van der Waals surface area contributed by atoms with E-state index in [1.807, 2.05) is 0 Å². The first-order valence-corrected chi connectivity index (χ1v) is 11.9. The molecule has 0 N–H and O–H groups in total. The van der Waals surface area contributed by atoms with E-state index >= 15 is 0 Å². The summed E-state index contributed by atoms with van der Waals surface area (Å²) in [4.78, 5) is 59.2. The molecule has 2 aromatic rings. The molecule has 0 aliphatic heterocycles. The van der Waals surface area contributed by atoms with Gasteiger partial charge in [0, 0.05) is 17.7 Å². The molecule has 0 saturated heterocycles. The Labute approximate surface area is 227 Å². The summed E-state index contributed by atoms with van der Waals surface area (Å²) in [6.07, 6.45) is 2.46. The van der Waals surface area contributed by atoms with E-state index in [2.05, 4.69) is 30.6 Å². The van der Waals surface area contributed by atoms with Crippen molar-refractivity contribution in [2.24, 2.45) is 0 Å². The number of halogens is 1. The summed E-state index contributed by atoms with van der Waals surface area (Å²) in [5.74, 6) is -1.83. The summed E-state index contributed by atoms with van der Waals surface area (Å²) < 4.78 is 15.0. The number of nitro groups is 2. The van der Waals surface area contributed by atoms with Gasteiger partial charge in [0.25, 0.3) is 0 Å². The zero-order chi connectivity index (χ0) is 29.3. The van der Waals surface area contributed by atoms with Crippen LogP contribution in [-0.2, 0) is 35.0 Å². The lowest BCUT2D eigenvalue weighted by atomic mass is 10.2. The number of rotatable bonds is 8. The first-order chi connectivity index (χ1) is 17.7. The van der Waals surface area contributed by atoms with Gasteiger partial charge in [0.05, 0.1) is 24.1 Å². The largest absolute Gasteiger partial charge is 0.466 e. The summed E-state index contributed by atoms with van der Waals surface area (Å²) in [5, 5.41) is 20.3. The minimum atomic E-state index is -0.589. The molecule has 0 unspecified atom stereocenters. The van der Waals surface area contributed by atoms with Gasteiger partial charge in [-0.1, -0.05) is 0 Å². The lowest BCUT2D eigenvalue weighted by Crippen LogP contribution is -2.25. The molecule has 208 valence electrons. The van der Waals surface area contributed by atoms with Crippen LogP contribution in [0.4, 0.5) is 11.6 Å². The van der Waals surface area contributed by atoms with Gasteiger partial charge in [0.15, 0.2) is 6.20 Å². The van der Waals surface area contributed by atoms with E-state index in [0.717, 1.165) is 4.47 Å². The molecule has 2 rings (SSSR count). The Morgan fingerprint density at radius 2 is 1.34 bits per heavy atom. The number of pyridine rings is 2. The van der Waals surface area contributed by atoms with E-state index in [1.54, 1.807) is 40.7 Å². The number of hydrogen-bond acceptors (Lipinski definition) is 12. The van der Waals surface area contributed by atoms with Crippen molar-refractivity contribution in [1.82, 2.24) is 9.97 Å². The average Bonchev–Trinajstić information content (AvgIpc) is 2.79. The van der Waals surface area contributed by atoms with Gasteiger partial charge in [0.1, 0.15) is 18.2 Å². The number of aromatic nitrogens is 2. The second-order valence-electron chi connectivity index (χ2n) is 7.92. The minimum absolute atomic E-state index is 0.0822. The molecule has 0 radical (unpaired) electrons. The molecule has 0 aliphatic carbocycles. The van der Waals surface area contributed by atoms with Crippen molar-refractivity contribution in [2.75, 3.05) is 13.2 Å². The maximum atomic E-state index is 11.0. The van der Waals surface area contributed by atoms with Crippen LogP contribution in [0, 0.1) is 20.2 Å². The monoisotopic (exact) mass is 600 g/mol. The Morgan fingerprint density at radius 3 is 1.74 bits per heavy atom. The maximum Gasteiger partial charge on any atom is 0.363 e. The maximum absolute atomic E-state index is 11.0. The summed E-state index contributed by atoms with van der Waals surface area (Å²) in [5.41, 5.74) is 0.0443. The standard InChI is InChI=1S/C9H10N2O4.C9H16O4.C5H3BrN2O2/c1-2-15-9(12)5-7-3-4-8(10-6-7)11(13)14;1-5-12-7(10)6-8(11)13-9(2,3)4;6-4-1-2-5(7-3-4)8(9)10/h3-4,6H,2,5H2,1H3;5-6H2,1-4H3;1-3H. The quantitative estimate of drug-likeness (QED) is 0.138. The number of hydrogen-bond donors (Lipinski definition) is 0. The third-order valence-corrected chi connectivity index (χ3v) is 4.03. The highest BCUT2D eigenvalue weighted by Gasteiger charge is 2.19. The molecule has 0 bridgehead atoms. The first-order valence-electron chi connectivity index (χ1n) is 11.1. The number of carbonyl (C=O) groups is 3. The smallest absolute Gasteiger partial charge is 0.363 e. The highest BCUT2D eigenvalue weighted by atomic mass is 79.9. The van der Waals surface area contributed by atoms with Crippen LogP contribution in [0.5, 0.6) is 0 Å². The minimum Gasteiger partial charge on any atom is -0.466 e. The Bertz CT molecular complexity index is 1070. The lowest BCUT2D eigenvalue weighted by Gasteiger charge is -2.18. The normalized spacial score (nSPS) is 9.95. The van der Waals surface area contributed by atoms with Crippen molar-refractivity contribution in [3.8, 4) is 0 Å². The molecule has 0 aliphatic rings. The fourth-order valence-corrected chi connectivity index (χ4v) is 2.43. The summed E-state index contributed by atoms with van der Waals surface area (Å²) >= 11 is 3.11. The van der Waals surface area contributed by atoms with Crippen LogP contribution in [0.2, 0.25) is 0 Å². The van der Waals surface area contributed by atoms with Crippen molar-refractivity contribution in [2.45, 2.75) is 53.1 Å². The molecule has 15 heteroatoms. The van der Waals surface area contributed by atoms with Gasteiger partial charge >= 0.3 is 29.5 Å². The second kappa shape index (κ2) is 17.4. The summed E-state index contributed by atoms with van der Waals surface area (Å²) in [7, 11) is 0. The van der Waals surface area contributed by atoms with Crippen molar-refractivity contribution >= 4 is 45.5 Å². The van der Waals surface area contributed by atoms with Crippen LogP contribution >= 0.6 is 15.9 Å². The molecule has 0 aromatic carbocycles. The van der Waals surface area contributed by atoms with Crippen LogP contribution in [0.1, 0.15) is 46.6 Å². The van der Waals surface area contributed by atoms with Gasteiger partial charge in [-0.3, -0.25) is 14.4 Å². The van der Waals surface area contributed by atoms with Crippen molar-refractivity contribution in [1.29, 1.82) is 0 Å². The Balaban J connectivity index is 0.000000551. The fraction of sp³-hybridized carbons (Fsp3) is 0.435. The van der Waals surface area contributed by atoms with Crippen molar-refractivity contribution in [3.05, 3.63) is 66.9 Å². The van der Waals surface area contributed by atoms with E-state index in [9.17, 15) is 34.6 Å². The highest BCUT2D eigenvalue weighted by molar-refractivity contribution is 9.10. The van der Waals surface area contributed by atoms with Gasteiger partial charge in [-0.25, -0.2) is 0 Å². The third-order valence-electron chi connectivity index (χ3n) is 3.56. The number of esters is 3. The first kappa shape index (κ1) is 34.0. The molecular weight excluding hydrogens is 572 g/mol. The lowest BCUT2D eigenvalue weighted by molar-refractivity contribution is -0.389. The van der Waals surface area contributed by atoms with Gasteiger partial charge < -0.3 is 34.4 Å². The topological polar surface area (TPSA) is 191 Å². The molecule has 0 fully saturated rings. The SMILES string of the molecule is CCOC(=O)CC(=O)OC(C)(C)C.CCOC(=O)Cc1ccc([N+](=O)[O-])nc1.O=[N+]([O-])c1ccc(Br)cn1. The summed E-state index contributed by atoms with van der Waals surface area (Å²) in [6.45, 7) is 9.24. The Hall–Kier alpha value is -4.01. The van der Waals surface area contributed by atoms with Gasteiger partial charge in [-0.2, -0.15) is 0 Å². The third kappa shape index (κ3) is 16.6. The molecule has 14 nitrogen and oxygen atoms in total. The molecule has 0 amide bonds. The Morgan fingerprint density at radius 1 is 0.842 bits per heavy atom. The number of nitrogens with zero attached hydrogens (tertiary/aromatic N) is 4. The van der Waals surface area contributed by atoms with Gasteiger partial charge in [-0.15, -0.1) is 0 Å². The van der Waals surface area contributed by atoms with Crippen LogP contribution in [0.15, 0.2) is 41.1 Å². The predicted molar refractivity (Wildman–Crippen MR) is 137 cm³/mol. The van der Waals surface area contributed by atoms with E-state index in [1.165, 1.54) is 30.6 Å². The van der Waals surface area contributed by atoms with Gasteiger partial charge in [-0.05, 0) is 82.5 Å². The molecule has 2 aromatic heterocycles. The average molecular weight is 601 g/mol. The van der Waals surface area contributed by atoms with Crippen LogP contribution < -0.4 is 0 Å². The molecule has 0 atom stereocenters. The summed E-state index contributed by atoms with van der Waals surface area (Å²) in [6, 6.07) is 5.66. The van der Waals surface area contributed by atoms with Crippen LogP contribution in [-0.4, -0.2) is 56.5 Å². The predicted octanol–water partition coefficient (Wildman–Crippen LogP) is 4.13. The molecule has 0 saturated carbocycles.